The van der Waals surface area contributed by atoms with Gasteiger partial charge in [-0.3, -0.25) is 14.2 Å². The lowest BCUT2D eigenvalue weighted by molar-refractivity contribution is -0.870. The molecule has 436 valence electrons. The molecule has 0 aliphatic heterocycles. The predicted molar refractivity (Wildman–Crippen MR) is 314 cm³/mol. The van der Waals surface area contributed by atoms with E-state index in [4.69, 9.17) is 18.5 Å². The van der Waals surface area contributed by atoms with Gasteiger partial charge in [0, 0.05) is 12.8 Å². The van der Waals surface area contributed by atoms with Crippen LogP contribution in [0.3, 0.4) is 0 Å². The van der Waals surface area contributed by atoms with Crippen molar-refractivity contribution in [3.63, 3.8) is 0 Å². The third kappa shape index (κ3) is 59.5. The third-order valence-corrected chi connectivity index (χ3v) is 15.1. The highest BCUT2D eigenvalue weighted by atomic mass is 31.2. The Kier molecular flexibility index (Phi) is 54.6. The van der Waals surface area contributed by atoms with Crippen molar-refractivity contribution in [1.29, 1.82) is 0 Å². The molecule has 0 fully saturated rings. The number of rotatable bonds is 59. The van der Waals surface area contributed by atoms with Crippen LogP contribution in [0.15, 0.2) is 36.5 Å². The van der Waals surface area contributed by atoms with E-state index in [1.165, 1.54) is 212 Å². The average molecular weight is 1060 g/mol. The molecular weight excluding hydrogens is 942 g/mol. The van der Waals surface area contributed by atoms with Crippen LogP contribution < -0.4 is 4.89 Å². The van der Waals surface area contributed by atoms with Gasteiger partial charge in [0.15, 0.2) is 6.10 Å². The molecule has 0 radical (unpaired) electrons. The largest absolute Gasteiger partial charge is 0.756 e. The Morgan fingerprint density at radius 2 is 0.757 bits per heavy atom. The molecule has 0 aromatic heterocycles. The van der Waals surface area contributed by atoms with Gasteiger partial charge < -0.3 is 27.9 Å². The van der Waals surface area contributed by atoms with Gasteiger partial charge in [0.25, 0.3) is 7.82 Å². The first-order chi connectivity index (χ1) is 36.0. The van der Waals surface area contributed by atoms with E-state index in [2.05, 4.69) is 50.3 Å². The molecule has 0 bridgehead atoms. The first kappa shape index (κ1) is 72.2. The van der Waals surface area contributed by atoms with Crippen LogP contribution in [-0.2, 0) is 32.7 Å². The summed E-state index contributed by atoms with van der Waals surface area (Å²) in [6.45, 7) is 4.19. The molecule has 0 spiro atoms. The molecule has 2 atom stereocenters. The van der Waals surface area contributed by atoms with Crippen LogP contribution in [-0.4, -0.2) is 70.0 Å². The number of phosphoric ester groups is 1. The molecule has 0 aromatic rings. The Bertz CT molecular complexity index is 1340. The summed E-state index contributed by atoms with van der Waals surface area (Å²) in [6, 6.07) is 0. The third-order valence-electron chi connectivity index (χ3n) is 14.1. The number of esters is 2. The fraction of sp³-hybridized carbons (Fsp3) is 0.875. The maximum atomic E-state index is 12.7. The Balaban J connectivity index is 3.86. The summed E-state index contributed by atoms with van der Waals surface area (Å²) in [6.07, 6.45) is 69.6. The second-order valence-electron chi connectivity index (χ2n) is 22.8. The van der Waals surface area contributed by atoms with Gasteiger partial charge in [0.2, 0.25) is 0 Å². The van der Waals surface area contributed by atoms with Crippen molar-refractivity contribution in [1.82, 2.24) is 0 Å². The maximum Gasteiger partial charge on any atom is 0.306 e. The van der Waals surface area contributed by atoms with Crippen LogP contribution in [0.1, 0.15) is 309 Å². The second kappa shape index (κ2) is 56.0. The monoisotopic (exact) mass is 1060 g/mol. The number of hydrogen-bond acceptors (Lipinski definition) is 8. The van der Waals surface area contributed by atoms with Crippen molar-refractivity contribution in [2.24, 2.45) is 0 Å². The highest BCUT2D eigenvalue weighted by Crippen LogP contribution is 2.38. The van der Waals surface area contributed by atoms with Gasteiger partial charge in [0.05, 0.1) is 27.7 Å². The summed E-state index contributed by atoms with van der Waals surface area (Å²) in [5.41, 5.74) is 0. The molecule has 0 rings (SSSR count). The number of ether oxygens (including phenoxy) is 2. The van der Waals surface area contributed by atoms with Crippen molar-refractivity contribution in [2.75, 3.05) is 47.5 Å². The van der Waals surface area contributed by atoms with E-state index in [0.29, 0.717) is 17.4 Å². The maximum absolute atomic E-state index is 12.7. The van der Waals surface area contributed by atoms with Crippen molar-refractivity contribution in [2.45, 2.75) is 315 Å². The van der Waals surface area contributed by atoms with Gasteiger partial charge in [-0.2, -0.15) is 0 Å². The minimum atomic E-state index is -4.63. The fourth-order valence-electron chi connectivity index (χ4n) is 9.22. The van der Waals surface area contributed by atoms with E-state index in [1.54, 1.807) is 0 Å². The Morgan fingerprint density at radius 1 is 0.419 bits per heavy atom. The number of nitrogens with zero attached hydrogens (tertiary/aromatic N) is 1. The molecule has 0 saturated heterocycles. The zero-order chi connectivity index (χ0) is 54.2. The molecule has 2 unspecified atom stereocenters. The molecular formula is C64H122NO8P. The standard InChI is InChI=1S/C64H122NO8P/c1-6-8-10-12-14-16-18-20-21-22-23-24-25-26-27-28-29-30-31-32-33-34-35-36-37-38-39-40-41-42-43-45-46-48-50-52-54-56-63(66)70-60-62(61-72-74(68,69)71-59-58-65(3,4)5)73-64(67)57-55-53-51-49-47-44-19-17-15-13-11-9-7-2/h11,13,17,19,22-23,62H,6-10,12,14-16,18,20-21,24-61H2,1-5H3/b13-11-,19-17-,23-22-. The summed E-state index contributed by atoms with van der Waals surface area (Å²) in [5, 5.41) is 0. The summed E-state index contributed by atoms with van der Waals surface area (Å²) in [5.74, 6) is -0.838. The zero-order valence-electron chi connectivity index (χ0n) is 49.6. The molecule has 0 N–H and O–H groups in total. The predicted octanol–water partition coefficient (Wildman–Crippen LogP) is 19.3. The van der Waals surface area contributed by atoms with Crippen LogP contribution in [0, 0.1) is 0 Å². The topological polar surface area (TPSA) is 111 Å². The Hall–Kier alpha value is -1.77. The van der Waals surface area contributed by atoms with Crippen LogP contribution >= 0.6 is 7.82 Å². The van der Waals surface area contributed by atoms with Gasteiger partial charge in [-0.1, -0.05) is 269 Å². The van der Waals surface area contributed by atoms with Gasteiger partial charge in [-0.05, 0) is 64.2 Å². The summed E-state index contributed by atoms with van der Waals surface area (Å²) in [7, 11) is 1.17. The second-order valence-corrected chi connectivity index (χ2v) is 24.2. The van der Waals surface area contributed by atoms with E-state index in [-0.39, 0.29) is 32.0 Å². The van der Waals surface area contributed by atoms with Gasteiger partial charge in [0.1, 0.15) is 19.8 Å². The summed E-state index contributed by atoms with van der Waals surface area (Å²) >= 11 is 0. The normalized spacial score (nSPS) is 13.4. The first-order valence-corrected chi connectivity index (χ1v) is 33.2. The van der Waals surface area contributed by atoms with Crippen LogP contribution in [0.2, 0.25) is 0 Å². The number of phosphoric acid groups is 1. The van der Waals surface area contributed by atoms with E-state index in [1.807, 2.05) is 21.1 Å². The number of likely N-dealkylation sites (N-methyl/N-ethyl adjacent to an activating group) is 1. The Morgan fingerprint density at radius 3 is 1.14 bits per heavy atom. The lowest BCUT2D eigenvalue weighted by Gasteiger charge is -2.28. The molecule has 10 heteroatoms. The molecule has 0 aliphatic carbocycles. The summed E-state index contributed by atoms with van der Waals surface area (Å²) < 4.78 is 34.1. The fourth-order valence-corrected chi connectivity index (χ4v) is 9.95. The number of hydrogen-bond donors (Lipinski definition) is 0. The highest BCUT2D eigenvalue weighted by Gasteiger charge is 2.22. The molecule has 9 nitrogen and oxygen atoms in total. The van der Waals surface area contributed by atoms with Gasteiger partial charge in [-0.15, -0.1) is 0 Å². The van der Waals surface area contributed by atoms with Crippen molar-refractivity contribution >= 4 is 19.8 Å². The van der Waals surface area contributed by atoms with E-state index in [0.717, 1.165) is 64.2 Å². The van der Waals surface area contributed by atoms with Crippen molar-refractivity contribution in [3.05, 3.63) is 36.5 Å². The number of allylic oxidation sites excluding steroid dienone is 6. The smallest absolute Gasteiger partial charge is 0.306 e. The first-order valence-electron chi connectivity index (χ1n) is 31.7. The average Bonchev–Trinajstić information content (AvgIpc) is 3.36. The summed E-state index contributed by atoms with van der Waals surface area (Å²) in [4.78, 5) is 37.8. The molecule has 0 aromatic carbocycles. The molecule has 0 aliphatic rings. The SMILES string of the molecule is CCC/C=C\C/C=C\CCCCCCCC(=O)OC(COC(=O)CCCCCCCCCCCCCCCCCCCCCCCCCCC/C=C\CCCCCCCCCC)COP(=O)([O-])OCC[N+](C)(C)C. The lowest BCUT2D eigenvalue weighted by Crippen LogP contribution is -2.37. The molecule has 0 amide bonds. The van der Waals surface area contributed by atoms with E-state index >= 15 is 0 Å². The van der Waals surface area contributed by atoms with Crippen LogP contribution in [0.5, 0.6) is 0 Å². The number of carbonyl (C=O) groups is 2. The Labute approximate surface area is 459 Å². The van der Waals surface area contributed by atoms with Crippen LogP contribution in [0.25, 0.3) is 0 Å². The minimum absolute atomic E-state index is 0.0323. The molecule has 0 saturated carbocycles. The van der Waals surface area contributed by atoms with Crippen LogP contribution in [0.4, 0.5) is 0 Å². The van der Waals surface area contributed by atoms with Gasteiger partial charge >= 0.3 is 11.9 Å². The van der Waals surface area contributed by atoms with E-state index < -0.39 is 26.5 Å². The number of quaternary nitrogens is 1. The minimum Gasteiger partial charge on any atom is -0.756 e. The zero-order valence-corrected chi connectivity index (χ0v) is 50.5. The van der Waals surface area contributed by atoms with E-state index in [9.17, 15) is 19.0 Å². The quantitative estimate of drug-likeness (QED) is 0.0195. The van der Waals surface area contributed by atoms with Crippen molar-refractivity contribution in [3.8, 4) is 0 Å². The number of unbranched alkanes of at least 4 members (excludes halogenated alkanes) is 39. The van der Waals surface area contributed by atoms with Gasteiger partial charge in [-0.25, -0.2) is 0 Å². The van der Waals surface area contributed by atoms with Crippen molar-refractivity contribution < 1.29 is 42.1 Å². The molecule has 0 heterocycles. The lowest BCUT2D eigenvalue weighted by atomic mass is 10.0. The highest BCUT2D eigenvalue weighted by molar-refractivity contribution is 7.45. The molecule has 74 heavy (non-hydrogen) atoms. The number of carbonyl (C=O) groups excluding carboxylic acids is 2.